The van der Waals surface area contributed by atoms with Crippen LogP contribution in [0, 0.1) is 18.7 Å². The molecule has 0 saturated heterocycles. The minimum Gasteiger partial charge on any atom is -0.366 e. The lowest BCUT2D eigenvalue weighted by molar-refractivity contribution is 0.0935. The SMILES string of the molecule is Cc1cc(Cn2ccc3cc(-c4c(C(N)=O)c(CC(C)C)nc5c4C(=O)N[C@@]5(C)Cc4ccc(F)cc4)ccc32)ccn1. The van der Waals surface area contributed by atoms with E-state index in [0.29, 0.717) is 41.9 Å². The molecule has 1 aliphatic heterocycles. The van der Waals surface area contributed by atoms with Crippen molar-refractivity contribution in [2.24, 2.45) is 11.7 Å². The van der Waals surface area contributed by atoms with Gasteiger partial charge in [-0.05, 0) is 85.3 Å². The Labute approximate surface area is 250 Å². The summed E-state index contributed by atoms with van der Waals surface area (Å²) in [7, 11) is 0. The Bertz CT molecular complexity index is 1890. The number of benzene rings is 2. The molecule has 1 atom stereocenters. The zero-order chi connectivity index (χ0) is 30.5. The molecule has 8 heteroatoms. The van der Waals surface area contributed by atoms with E-state index in [2.05, 4.69) is 34.8 Å². The van der Waals surface area contributed by atoms with Crippen molar-refractivity contribution in [2.45, 2.75) is 52.6 Å². The molecule has 3 N–H and O–H groups in total. The largest absolute Gasteiger partial charge is 0.366 e. The Kier molecular flexibility index (Phi) is 7.08. The molecule has 0 spiro atoms. The third kappa shape index (κ3) is 5.29. The van der Waals surface area contributed by atoms with Crippen LogP contribution in [0.2, 0.25) is 0 Å². The molecular formula is C35H34FN5O2. The van der Waals surface area contributed by atoms with Gasteiger partial charge in [0.25, 0.3) is 11.8 Å². The highest BCUT2D eigenvalue weighted by Gasteiger charge is 2.44. The number of halogens is 1. The standard InChI is InChI=1S/C35H34FN5O2/c1-20(2)15-27-30(33(37)42)29(31-32(39-27)35(4,40-34(31)43)18-22-5-8-26(36)9-6-22)25-7-10-28-24(17-25)12-14-41(28)19-23-11-13-38-21(3)16-23/h5-14,16-17,20H,15,18-19H2,1-4H3,(H2,37,42)(H,40,43)/t35-/m0/s1. The highest BCUT2D eigenvalue weighted by atomic mass is 19.1. The quantitative estimate of drug-likeness (QED) is 0.234. The van der Waals surface area contributed by atoms with E-state index in [1.807, 2.05) is 56.6 Å². The van der Waals surface area contributed by atoms with Gasteiger partial charge in [-0.15, -0.1) is 0 Å². The van der Waals surface area contributed by atoms with E-state index >= 15 is 0 Å². The Morgan fingerprint density at radius 2 is 1.81 bits per heavy atom. The molecule has 2 aromatic carbocycles. The zero-order valence-electron chi connectivity index (χ0n) is 24.7. The highest BCUT2D eigenvalue weighted by molar-refractivity contribution is 6.12. The average Bonchev–Trinajstić information content (AvgIpc) is 3.45. The minimum atomic E-state index is -0.864. The predicted octanol–water partition coefficient (Wildman–Crippen LogP) is 6.09. The summed E-state index contributed by atoms with van der Waals surface area (Å²) >= 11 is 0. The van der Waals surface area contributed by atoms with Crippen LogP contribution in [0.15, 0.2) is 73.1 Å². The summed E-state index contributed by atoms with van der Waals surface area (Å²) in [6.07, 6.45) is 4.77. The summed E-state index contributed by atoms with van der Waals surface area (Å²) in [6, 6.07) is 18.3. The number of fused-ring (bicyclic) bond motifs is 2. The number of carbonyl (C=O) groups is 2. The number of hydrogen-bond donors (Lipinski definition) is 2. The maximum Gasteiger partial charge on any atom is 0.254 e. The number of primary amides is 1. The number of pyridine rings is 2. The first-order valence-electron chi connectivity index (χ1n) is 14.5. The fraction of sp³-hybridized carbons (Fsp3) is 0.257. The Morgan fingerprint density at radius 1 is 1.05 bits per heavy atom. The molecule has 3 aromatic heterocycles. The van der Waals surface area contributed by atoms with Gasteiger partial charge in [0.15, 0.2) is 0 Å². The second-order valence-corrected chi connectivity index (χ2v) is 12.1. The molecule has 0 saturated carbocycles. The van der Waals surface area contributed by atoms with Crippen molar-refractivity contribution >= 4 is 22.7 Å². The van der Waals surface area contributed by atoms with Crippen LogP contribution in [-0.2, 0) is 24.9 Å². The van der Waals surface area contributed by atoms with Crippen molar-refractivity contribution in [1.82, 2.24) is 19.9 Å². The molecule has 0 unspecified atom stereocenters. The third-order valence-corrected chi connectivity index (χ3v) is 8.10. The van der Waals surface area contributed by atoms with E-state index in [1.54, 1.807) is 12.1 Å². The molecule has 7 nitrogen and oxygen atoms in total. The molecule has 2 amide bonds. The van der Waals surface area contributed by atoms with Gasteiger partial charge >= 0.3 is 0 Å². The number of nitrogens with two attached hydrogens (primary N) is 1. The molecular weight excluding hydrogens is 541 g/mol. The van der Waals surface area contributed by atoms with Crippen molar-refractivity contribution in [3.8, 4) is 11.1 Å². The molecule has 6 rings (SSSR count). The molecule has 4 heterocycles. The number of nitrogens with one attached hydrogen (secondary N) is 1. The Balaban J connectivity index is 1.51. The van der Waals surface area contributed by atoms with E-state index in [1.165, 1.54) is 12.1 Å². The lowest BCUT2D eigenvalue weighted by Crippen LogP contribution is -2.39. The Morgan fingerprint density at radius 3 is 2.51 bits per heavy atom. The van der Waals surface area contributed by atoms with Gasteiger partial charge in [-0.2, -0.15) is 0 Å². The summed E-state index contributed by atoms with van der Waals surface area (Å²) < 4.78 is 15.8. The number of carbonyl (C=O) groups excluding carboxylic acids is 2. The van der Waals surface area contributed by atoms with Crippen molar-refractivity contribution in [2.75, 3.05) is 0 Å². The van der Waals surface area contributed by atoms with E-state index in [0.717, 1.165) is 33.3 Å². The summed E-state index contributed by atoms with van der Waals surface area (Å²) in [5.41, 5.74) is 12.2. The van der Waals surface area contributed by atoms with Crippen LogP contribution >= 0.6 is 0 Å². The van der Waals surface area contributed by atoms with Crippen molar-refractivity contribution in [1.29, 1.82) is 0 Å². The number of rotatable bonds is 8. The van der Waals surface area contributed by atoms with Gasteiger partial charge in [-0.1, -0.05) is 32.0 Å². The molecule has 0 fully saturated rings. The fourth-order valence-corrected chi connectivity index (χ4v) is 6.25. The highest BCUT2D eigenvalue weighted by Crippen LogP contribution is 2.42. The van der Waals surface area contributed by atoms with Gasteiger partial charge in [0.05, 0.1) is 28.1 Å². The van der Waals surface area contributed by atoms with Crippen LogP contribution in [0.5, 0.6) is 0 Å². The minimum absolute atomic E-state index is 0.193. The third-order valence-electron chi connectivity index (χ3n) is 8.10. The zero-order valence-corrected chi connectivity index (χ0v) is 24.7. The number of nitrogens with zero attached hydrogens (tertiary/aromatic N) is 3. The van der Waals surface area contributed by atoms with Gasteiger partial charge in [0.2, 0.25) is 0 Å². The van der Waals surface area contributed by atoms with Crippen LogP contribution in [0.4, 0.5) is 4.39 Å². The molecule has 0 aliphatic carbocycles. The van der Waals surface area contributed by atoms with E-state index < -0.39 is 11.4 Å². The van der Waals surface area contributed by atoms with Gasteiger partial charge < -0.3 is 15.6 Å². The number of amides is 2. The number of aromatic nitrogens is 3. The number of hydrogen-bond acceptors (Lipinski definition) is 4. The molecule has 0 radical (unpaired) electrons. The van der Waals surface area contributed by atoms with Gasteiger partial charge in [-0.25, -0.2) is 4.39 Å². The van der Waals surface area contributed by atoms with Crippen LogP contribution in [0.1, 0.15) is 69.7 Å². The van der Waals surface area contributed by atoms with Crippen LogP contribution in [0.25, 0.3) is 22.0 Å². The molecule has 5 aromatic rings. The predicted molar refractivity (Wildman–Crippen MR) is 165 cm³/mol. The lowest BCUT2D eigenvalue weighted by atomic mass is 9.84. The van der Waals surface area contributed by atoms with E-state index in [9.17, 15) is 14.0 Å². The monoisotopic (exact) mass is 575 g/mol. The first-order chi connectivity index (χ1) is 20.5. The van der Waals surface area contributed by atoms with Gasteiger partial charge in [0.1, 0.15) is 5.82 Å². The maximum absolute atomic E-state index is 13.8. The van der Waals surface area contributed by atoms with Crippen LogP contribution in [0.3, 0.4) is 0 Å². The first-order valence-corrected chi connectivity index (χ1v) is 14.5. The van der Waals surface area contributed by atoms with Crippen molar-refractivity contribution < 1.29 is 14.0 Å². The second-order valence-electron chi connectivity index (χ2n) is 12.1. The molecule has 218 valence electrons. The summed E-state index contributed by atoms with van der Waals surface area (Å²) in [5.74, 6) is -1.06. The summed E-state index contributed by atoms with van der Waals surface area (Å²) in [4.78, 5) is 36.1. The average molecular weight is 576 g/mol. The molecule has 1 aliphatic rings. The van der Waals surface area contributed by atoms with Crippen molar-refractivity contribution in [3.63, 3.8) is 0 Å². The maximum atomic E-state index is 13.8. The van der Waals surface area contributed by atoms with E-state index in [-0.39, 0.29) is 23.2 Å². The topological polar surface area (TPSA) is 103 Å². The fourth-order valence-electron chi connectivity index (χ4n) is 6.25. The summed E-state index contributed by atoms with van der Waals surface area (Å²) in [6.45, 7) is 8.69. The van der Waals surface area contributed by atoms with Crippen molar-refractivity contribution in [3.05, 3.63) is 118 Å². The van der Waals surface area contributed by atoms with Crippen LogP contribution in [-0.4, -0.2) is 26.3 Å². The normalized spacial score (nSPS) is 16.1. The second kappa shape index (κ2) is 10.8. The Hall–Kier alpha value is -4.85. The number of aryl methyl sites for hydroxylation is 1. The van der Waals surface area contributed by atoms with Crippen LogP contribution < -0.4 is 11.1 Å². The summed E-state index contributed by atoms with van der Waals surface area (Å²) in [5, 5.41) is 4.11. The molecule has 43 heavy (non-hydrogen) atoms. The van der Waals surface area contributed by atoms with E-state index in [4.69, 9.17) is 10.7 Å². The molecule has 0 bridgehead atoms. The smallest absolute Gasteiger partial charge is 0.254 e. The lowest BCUT2D eigenvalue weighted by Gasteiger charge is -2.26. The van der Waals surface area contributed by atoms with Gasteiger partial charge in [-0.3, -0.25) is 19.6 Å². The first kappa shape index (κ1) is 28.3. The van der Waals surface area contributed by atoms with Gasteiger partial charge in [0, 0.05) is 47.5 Å².